The number of para-hydroxylation sites is 1. The summed E-state index contributed by atoms with van der Waals surface area (Å²) in [7, 11) is 0. The highest BCUT2D eigenvalue weighted by Crippen LogP contribution is 2.40. The molecule has 0 saturated heterocycles. The standard InChI is InChI=1S/C25H23N3O3/c1-2-28-21-16-10-9-15-20(21)25(24(28)31,27-23(30)19-13-7-4-8-14-19)17-26-22(29)18-11-5-3-6-12-18/h3-16H,2,17H2,1H3,(H,26,29)(H,27,30). The number of hydrogen-bond acceptors (Lipinski definition) is 3. The smallest absolute Gasteiger partial charge is 0.259 e. The molecular formula is C25H23N3O3. The summed E-state index contributed by atoms with van der Waals surface area (Å²) in [5.41, 5.74) is 0.927. The zero-order valence-electron chi connectivity index (χ0n) is 17.2. The molecule has 2 N–H and O–H groups in total. The first-order valence-corrected chi connectivity index (χ1v) is 10.2. The van der Waals surface area contributed by atoms with E-state index in [-0.39, 0.29) is 24.3 Å². The van der Waals surface area contributed by atoms with E-state index in [1.54, 1.807) is 53.4 Å². The van der Waals surface area contributed by atoms with Crippen molar-refractivity contribution >= 4 is 23.4 Å². The number of amides is 3. The van der Waals surface area contributed by atoms with Gasteiger partial charge in [0.1, 0.15) is 0 Å². The maximum absolute atomic E-state index is 13.6. The minimum atomic E-state index is -1.40. The number of nitrogens with one attached hydrogen (secondary N) is 2. The van der Waals surface area contributed by atoms with Gasteiger partial charge in [0, 0.05) is 28.9 Å². The van der Waals surface area contributed by atoms with Crippen LogP contribution in [0.4, 0.5) is 5.69 Å². The van der Waals surface area contributed by atoms with E-state index in [0.717, 1.165) is 5.69 Å². The van der Waals surface area contributed by atoms with Gasteiger partial charge in [-0.05, 0) is 37.3 Å². The normalized spacial score (nSPS) is 17.2. The fourth-order valence-electron chi connectivity index (χ4n) is 3.93. The summed E-state index contributed by atoms with van der Waals surface area (Å²) in [5.74, 6) is -0.960. The van der Waals surface area contributed by atoms with Gasteiger partial charge in [0.2, 0.25) is 0 Å². The summed E-state index contributed by atoms with van der Waals surface area (Å²) >= 11 is 0. The second-order valence-corrected chi connectivity index (χ2v) is 7.34. The number of carbonyl (C=O) groups is 3. The molecule has 1 heterocycles. The van der Waals surface area contributed by atoms with Gasteiger partial charge in [-0.2, -0.15) is 0 Å². The predicted molar refractivity (Wildman–Crippen MR) is 119 cm³/mol. The highest BCUT2D eigenvalue weighted by atomic mass is 16.2. The van der Waals surface area contributed by atoms with E-state index < -0.39 is 5.54 Å². The lowest BCUT2D eigenvalue weighted by molar-refractivity contribution is -0.123. The highest BCUT2D eigenvalue weighted by Gasteiger charge is 2.51. The van der Waals surface area contributed by atoms with Gasteiger partial charge in [-0.15, -0.1) is 0 Å². The fourth-order valence-corrected chi connectivity index (χ4v) is 3.93. The largest absolute Gasteiger partial charge is 0.349 e. The van der Waals surface area contributed by atoms with Gasteiger partial charge in [-0.3, -0.25) is 14.4 Å². The Morgan fingerprint density at radius 3 is 1.97 bits per heavy atom. The van der Waals surface area contributed by atoms with Gasteiger partial charge in [0.15, 0.2) is 5.54 Å². The lowest BCUT2D eigenvalue weighted by Gasteiger charge is -2.30. The van der Waals surface area contributed by atoms with E-state index in [2.05, 4.69) is 10.6 Å². The maximum Gasteiger partial charge on any atom is 0.259 e. The van der Waals surface area contributed by atoms with Crippen LogP contribution in [0, 0.1) is 0 Å². The molecule has 1 atom stereocenters. The van der Waals surface area contributed by atoms with Gasteiger partial charge < -0.3 is 15.5 Å². The lowest BCUT2D eigenvalue weighted by Crippen LogP contribution is -2.58. The number of benzene rings is 3. The van der Waals surface area contributed by atoms with Crippen LogP contribution in [-0.4, -0.2) is 30.8 Å². The van der Waals surface area contributed by atoms with Gasteiger partial charge in [-0.1, -0.05) is 54.6 Å². The Balaban J connectivity index is 1.72. The molecule has 0 aliphatic carbocycles. The first-order chi connectivity index (χ1) is 15.1. The molecule has 6 heteroatoms. The van der Waals surface area contributed by atoms with Crippen LogP contribution < -0.4 is 15.5 Å². The summed E-state index contributed by atoms with van der Waals surface area (Å²) in [4.78, 5) is 41.0. The first kappa shape index (κ1) is 20.3. The molecule has 0 fully saturated rings. The number of likely N-dealkylation sites (N-methyl/N-ethyl adjacent to an activating group) is 1. The van der Waals surface area contributed by atoms with Gasteiger partial charge in [0.25, 0.3) is 17.7 Å². The molecule has 4 rings (SSSR count). The second-order valence-electron chi connectivity index (χ2n) is 7.34. The molecule has 156 valence electrons. The van der Waals surface area contributed by atoms with Crippen molar-refractivity contribution in [3.05, 3.63) is 102 Å². The molecule has 1 aliphatic heterocycles. The van der Waals surface area contributed by atoms with Crippen LogP contribution in [0.15, 0.2) is 84.9 Å². The monoisotopic (exact) mass is 413 g/mol. The summed E-state index contributed by atoms with van der Waals surface area (Å²) in [6.45, 7) is 2.27. The fraction of sp³-hybridized carbons (Fsp3) is 0.160. The van der Waals surface area contributed by atoms with Crippen molar-refractivity contribution in [2.75, 3.05) is 18.0 Å². The van der Waals surface area contributed by atoms with Crippen molar-refractivity contribution in [1.29, 1.82) is 0 Å². The third-order valence-corrected chi connectivity index (χ3v) is 5.49. The molecule has 0 saturated carbocycles. The third kappa shape index (κ3) is 3.68. The molecule has 0 radical (unpaired) electrons. The number of nitrogens with zero attached hydrogens (tertiary/aromatic N) is 1. The molecule has 0 spiro atoms. The van der Waals surface area contributed by atoms with E-state index in [1.807, 2.05) is 43.3 Å². The Morgan fingerprint density at radius 1 is 0.806 bits per heavy atom. The van der Waals surface area contributed by atoms with Crippen LogP contribution in [-0.2, 0) is 10.3 Å². The number of carbonyl (C=O) groups excluding carboxylic acids is 3. The van der Waals surface area contributed by atoms with Gasteiger partial charge >= 0.3 is 0 Å². The van der Waals surface area contributed by atoms with E-state index in [1.165, 1.54) is 0 Å². The Kier molecular flexibility index (Phi) is 5.54. The Morgan fingerprint density at radius 2 is 1.35 bits per heavy atom. The number of hydrogen-bond donors (Lipinski definition) is 2. The molecule has 1 aliphatic rings. The van der Waals surface area contributed by atoms with E-state index in [0.29, 0.717) is 23.2 Å². The van der Waals surface area contributed by atoms with Gasteiger partial charge in [-0.25, -0.2) is 0 Å². The van der Waals surface area contributed by atoms with E-state index in [4.69, 9.17) is 0 Å². The molecular weight excluding hydrogens is 390 g/mol. The zero-order chi connectivity index (χ0) is 21.8. The van der Waals surface area contributed by atoms with Crippen molar-refractivity contribution in [3.63, 3.8) is 0 Å². The number of anilines is 1. The topological polar surface area (TPSA) is 78.5 Å². The van der Waals surface area contributed by atoms with E-state index in [9.17, 15) is 14.4 Å². The highest BCUT2D eigenvalue weighted by molar-refractivity contribution is 6.11. The summed E-state index contributed by atoms with van der Waals surface area (Å²) in [6, 6.07) is 24.9. The van der Waals surface area contributed by atoms with Crippen molar-refractivity contribution in [1.82, 2.24) is 10.6 Å². The number of fused-ring (bicyclic) bond motifs is 1. The summed E-state index contributed by atoms with van der Waals surface area (Å²) < 4.78 is 0. The second kappa shape index (κ2) is 8.44. The minimum absolute atomic E-state index is 0.0638. The van der Waals surface area contributed by atoms with Crippen LogP contribution >= 0.6 is 0 Å². The molecule has 3 aromatic rings. The van der Waals surface area contributed by atoms with Crippen LogP contribution in [0.3, 0.4) is 0 Å². The first-order valence-electron chi connectivity index (χ1n) is 10.2. The SMILES string of the molecule is CCN1C(=O)C(CNC(=O)c2ccccc2)(NC(=O)c2ccccc2)c2ccccc21. The summed E-state index contributed by atoms with van der Waals surface area (Å²) in [5, 5.41) is 5.79. The van der Waals surface area contributed by atoms with Crippen LogP contribution in [0.5, 0.6) is 0 Å². The van der Waals surface area contributed by atoms with Crippen molar-refractivity contribution < 1.29 is 14.4 Å². The zero-order valence-corrected chi connectivity index (χ0v) is 17.2. The molecule has 0 bridgehead atoms. The maximum atomic E-state index is 13.6. The average molecular weight is 413 g/mol. The Labute approximate surface area is 180 Å². The Hall–Kier alpha value is -3.93. The molecule has 1 unspecified atom stereocenters. The number of rotatable bonds is 6. The van der Waals surface area contributed by atoms with Crippen LogP contribution in [0.2, 0.25) is 0 Å². The lowest BCUT2D eigenvalue weighted by atomic mass is 9.90. The van der Waals surface area contributed by atoms with Crippen molar-refractivity contribution in [3.8, 4) is 0 Å². The molecule has 3 amide bonds. The average Bonchev–Trinajstić information content (AvgIpc) is 3.06. The molecule has 3 aromatic carbocycles. The van der Waals surface area contributed by atoms with Crippen LogP contribution in [0.25, 0.3) is 0 Å². The molecule has 0 aromatic heterocycles. The summed E-state index contributed by atoms with van der Waals surface area (Å²) in [6.07, 6.45) is 0. The Bertz CT molecular complexity index is 1120. The van der Waals surface area contributed by atoms with Gasteiger partial charge in [0.05, 0.1) is 6.54 Å². The van der Waals surface area contributed by atoms with Crippen molar-refractivity contribution in [2.45, 2.75) is 12.5 Å². The molecule has 31 heavy (non-hydrogen) atoms. The molecule has 6 nitrogen and oxygen atoms in total. The minimum Gasteiger partial charge on any atom is -0.349 e. The van der Waals surface area contributed by atoms with E-state index >= 15 is 0 Å². The quantitative estimate of drug-likeness (QED) is 0.652. The van der Waals surface area contributed by atoms with Crippen molar-refractivity contribution in [2.24, 2.45) is 0 Å². The third-order valence-electron chi connectivity index (χ3n) is 5.49. The predicted octanol–water partition coefficient (Wildman–Crippen LogP) is 3.11. The van der Waals surface area contributed by atoms with Crippen LogP contribution in [0.1, 0.15) is 33.2 Å².